The van der Waals surface area contributed by atoms with Gasteiger partial charge in [-0.15, -0.1) is 0 Å². The summed E-state index contributed by atoms with van der Waals surface area (Å²) in [5.41, 5.74) is 10.7. The Hall–Kier alpha value is -8.02. The normalized spacial score (nSPS) is 11.1. The van der Waals surface area contributed by atoms with Gasteiger partial charge in [0.05, 0.1) is 59.4 Å². The summed E-state index contributed by atoms with van der Waals surface area (Å²) in [5.74, 6) is 1.26. The Balaban J connectivity index is 0.000000228. The molecule has 18 nitrogen and oxygen atoms in total. The number of imidazole rings is 2. The number of carboxylic acid groups (broad SMARTS) is 2. The third-order valence-corrected chi connectivity index (χ3v) is 11.0. The highest BCUT2D eigenvalue weighted by Gasteiger charge is 2.20. The molecule has 0 aliphatic heterocycles. The van der Waals surface area contributed by atoms with E-state index in [1.165, 1.54) is 11.1 Å². The lowest BCUT2D eigenvalue weighted by atomic mass is 9.88. The van der Waals surface area contributed by atoms with Crippen molar-refractivity contribution < 1.29 is 47.6 Å². The molecule has 0 bridgehead atoms. The van der Waals surface area contributed by atoms with Gasteiger partial charge in [-0.1, -0.05) is 51.9 Å². The zero-order chi connectivity index (χ0) is 49.8. The van der Waals surface area contributed by atoms with Crippen molar-refractivity contribution in [3.8, 4) is 22.5 Å². The SMILES string of the molecule is Cc1noc(C)c1-c1cnc2cc(C(=O)NCC[n+]3ccc(C(C)(C)C)cc3)ccn12.Cc1noc(C)c1-c1cnc2cc(C(=O)NCC[n+]3ccc(C(C)(C)C)cc3)ccn12.O=C[O-].O=C[O-]. The first-order chi connectivity index (χ1) is 32.3. The molecule has 0 aliphatic rings. The van der Waals surface area contributed by atoms with E-state index in [2.05, 4.69) is 131 Å². The summed E-state index contributed by atoms with van der Waals surface area (Å²) in [4.78, 5) is 50.7. The molecule has 0 saturated heterocycles. The Kier molecular flexibility index (Phi) is 16.8. The topological polar surface area (TPSA) is 233 Å². The number of rotatable bonds is 10. The lowest BCUT2D eigenvalue weighted by Gasteiger charge is -2.17. The number of nitrogens with one attached hydrogen (secondary N) is 2. The highest BCUT2D eigenvalue weighted by atomic mass is 16.5. The molecule has 0 saturated carbocycles. The minimum absolute atomic E-state index is 0.115. The van der Waals surface area contributed by atoms with Gasteiger partial charge in [0, 0.05) is 60.7 Å². The van der Waals surface area contributed by atoms with Crippen LogP contribution in [0.1, 0.15) is 96.3 Å². The third kappa shape index (κ3) is 12.7. The largest absolute Gasteiger partial charge is 0.554 e. The van der Waals surface area contributed by atoms with Crippen LogP contribution in [0.3, 0.4) is 0 Å². The van der Waals surface area contributed by atoms with Crippen molar-refractivity contribution in [3.63, 3.8) is 0 Å². The molecule has 0 unspecified atom stereocenters. The fourth-order valence-electron chi connectivity index (χ4n) is 7.32. The number of hydrogen-bond acceptors (Lipinski definition) is 12. The molecule has 68 heavy (non-hydrogen) atoms. The first-order valence-corrected chi connectivity index (χ1v) is 21.8. The van der Waals surface area contributed by atoms with E-state index in [0.29, 0.717) is 48.6 Å². The Morgan fingerprint density at radius 3 is 1.25 bits per heavy atom. The first kappa shape index (κ1) is 51.0. The fraction of sp³-hybridized carbons (Fsp3) is 0.320. The van der Waals surface area contributed by atoms with Crippen molar-refractivity contribution in [2.75, 3.05) is 13.1 Å². The lowest BCUT2D eigenvalue weighted by Crippen LogP contribution is -2.40. The number of fused-ring (bicyclic) bond motifs is 2. The number of amides is 2. The van der Waals surface area contributed by atoms with E-state index in [1.54, 1.807) is 36.7 Å². The number of aromatic nitrogens is 8. The maximum Gasteiger partial charge on any atom is 0.251 e. The van der Waals surface area contributed by atoms with Crippen LogP contribution in [0, 0.1) is 27.7 Å². The molecule has 2 amide bonds. The van der Waals surface area contributed by atoms with Gasteiger partial charge in [-0.25, -0.2) is 19.1 Å². The third-order valence-electron chi connectivity index (χ3n) is 11.0. The second-order valence-electron chi connectivity index (χ2n) is 17.8. The highest BCUT2D eigenvalue weighted by molar-refractivity contribution is 5.95. The Labute approximate surface area is 394 Å². The van der Waals surface area contributed by atoms with Crippen LogP contribution in [0.15, 0.2) is 107 Å². The molecule has 8 heterocycles. The van der Waals surface area contributed by atoms with Crippen molar-refractivity contribution in [2.24, 2.45) is 0 Å². The summed E-state index contributed by atoms with van der Waals surface area (Å²) in [6.45, 7) is 22.2. The quantitative estimate of drug-likeness (QED) is 0.147. The van der Waals surface area contributed by atoms with Crippen molar-refractivity contribution in [1.82, 2.24) is 39.7 Å². The van der Waals surface area contributed by atoms with E-state index in [-0.39, 0.29) is 22.6 Å². The Morgan fingerprint density at radius 2 is 0.956 bits per heavy atom. The molecule has 0 aromatic carbocycles. The van der Waals surface area contributed by atoms with Gasteiger partial charge in [-0.05, 0) is 73.9 Å². The zero-order valence-corrected chi connectivity index (χ0v) is 40.1. The fourth-order valence-corrected chi connectivity index (χ4v) is 7.32. The molecule has 18 heteroatoms. The summed E-state index contributed by atoms with van der Waals surface area (Å²) in [6.07, 6.45) is 15.5. The lowest BCUT2D eigenvalue weighted by molar-refractivity contribution is -0.695. The van der Waals surface area contributed by atoms with Crippen molar-refractivity contribution >= 4 is 36.1 Å². The highest BCUT2D eigenvalue weighted by Crippen LogP contribution is 2.29. The molecule has 0 spiro atoms. The van der Waals surface area contributed by atoms with Crippen LogP contribution >= 0.6 is 0 Å². The van der Waals surface area contributed by atoms with E-state index >= 15 is 0 Å². The maximum absolute atomic E-state index is 12.6. The molecule has 8 rings (SSSR count). The van der Waals surface area contributed by atoms with E-state index in [9.17, 15) is 9.59 Å². The van der Waals surface area contributed by atoms with Crippen LogP contribution in [0.5, 0.6) is 0 Å². The average molecular weight is 927 g/mol. The molecule has 0 atom stereocenters. The molecule has 0 radical (unpaired) electrons. The molecule has 0 fully saturated rings. The second kappa shape index (κ2) is 22.4. The summed E-state index contributed by atoms with van der Waals surface area (Å²) in [6, 6.07) is 15.7. The van der Waals surface area contributed by atoms with E-state index < -0.39 is 12.9 Å². The molecule has 356 valence electrons. The number of aryl methyl sites for hydroxylation is 4. The monoisotopic (exact) mass is 926 g/mol. The standard InChI is InChI=1S/2C24H27N5O2.2CH2O2/c2*1-16-22(17(2)31-27-16)20-15-26-21-14-18(6-12-29(20)21)23(30)25-9-13-28-10-7-19(8-11-28)24(3,4)5;2*2-1-3/h2*6-8,10-12,14-15H,9,13H2,1-5H3;2*1H,(H,2,3). The molecule has 8 aromatic heterocycles. The van der Waals surface area contributed by atoms with Gasteiger partial charge in [0.15, 0.2) is 37.9 Å². The van der Waals surface area contributed by atoms with Crippen LogP contribution in [-0.2, 0) is 33.5 Å². The molecular formula is C50H58N10O8. The second-order valence-corrected chi connectivity index (χ2v) is 17.8. The summed E-state index contributed by atoms with van der Waals surface area (Å²) in [7, 11) is 0. The zero-order valence-electron chi connectivity index (χ0n) is 40.1. The smallest absolute Gasteiger partial charge is 0.251 e. The van der Waals surface area contributed by atoms with Crippen LogP contribution in [0.2, 0.25) is 0 Å². The molecule has 0 aliphatic carbocycles. The molecular weight excluding hydrogens is 869 g/mol. The van der Waals surface area contributed by atoms with Gasteiger partial charge in [0.2, 0.25) is 0 Å². The first-order valence-electron chi connectivity index (χ1n) is 21.8. The minimum Gasteiger partial charge on any atom is -0.554 e. The summed E-state index contributed by atoms with van der Waals surface area (Å²) in [5, 5.41) is 30.5. The molecule has 8 aromatic rings. The Bertz CT molecular complexity index is 2730. The number of pyridine rings is 4. The van der Waals surface area contributed by atoms with Crippen LogP contribution in [0.25, 0.3) is 33.8 Å². The van der Waals surface area contributed by atoms with Crippen LogP contribution < -0.4 is 30.0 Å². The minimum atomic E-state index is -0.500. The van der Waals surface area contributed by atoms with Crippen LogP contribution in [-0.4, -0.2) is 66.9 Å². The van der Waals surface area contributed by atoms with Crippen molar-refractivity contribution in [2.45, 2.75) is 93.2 Å². The van der Waals surface area contributed by atoms with Gasteiger partial charge < -0.3 is 39.5 Å². The van der Waals surface area contributed by atoms with Gasteiger partial charge in [-0.3, -0.25) is 18.4 Å². The van der Waals surface area contributed by atoms with E-state index in [4.69, 9.17) is 28.8 Å². The predicted molar refractivity (Wildman–Crippen MR) is 248 cm³/mol. The summed E-state index contributed by atoms with van der Waals surface area (Å²) < 4.78 is 18.6. The maximum atomic E-state index is 12.6. The van der Waals surface area contributed by atoms with E-state index in [1.807, 2.05) is 48.9 Å². The van der Waals surface area contributed by atoms with Gasteiger partial charge >= 0.3 is 0 Å². The Morgan fingerprint density at radius 1 is 0.618 bits per heavy atom. The van der Waals surface area contributed by atoms with E-state index in [0.717, 1.165) is 45.4 Å². The van der Waals surface area contributed by atoms with Gasteiger partial charge in [-0.2, -0.15) is 0 Å². The van der Waals surface area contributed by atoms with Gasteiger partial charge in [0.25, 0.3) is 11.8 Å². The van der Waals surface area contributed by atoms with Gasteiger partial charge in [0.1, 0.15) is 22.8 Å². The van der Waals surface area contributed by atoms with Crippen molar-refractivity contribution in [1.29, 1.82) is 0 Å². The number of hydrogen-bond donors (Lipinski definition) is 2. The molecule has 2 N–H and O–H groups in total. The average Bonchev–Trinajstić information content (AvgIpc) is 4.08. The predicted octanol–water partition coefficient (Wildman–Crippen LogP) is 3.97. The number of carbonyl (C=O) groups is 4. The van der Waals surface area contributed by atoms with Crippen LogP contribution in [0.4, 0.5) is 0 Å². The van der Waals surface area contributed by atoms with Crippen molar-refractivity contribution in [3.05, 3.63) is 143 Å². The number of carbonyl (C=O) groups excluding carboxylic acids is 4. The number of nitrogens with zero attached hydrogens (tertiary/aromatic N) is 8. The summed E-state index contributed by atoms with van der Waals surface area (Å²) >= 11 is 0.